The molecule has 1 aromatic heterocycles. The molecule has 10 heteroatoms. The molecule has 1 atom stereocenters. The first-order valence-corrected chi connectivity index (χ1v) is 8.95. The quantitative estimate of drug-likeness (QED) is 0.758. The minimum Gasteiger partial charge on any atom is -0.485 e. The van der Waals surface area contributed by atoms with Crippen molar-refractivity contribution in [1.82, 2.24) is 20.8 Å². The lowest BCUT2D eigenvalue weighted by molar-refractivity contribution is -0.117. The second-order valence-electron chi connectivity index (χ2n) is 5.74. The largest absolute Gasteiger partial charge is 0.485 e. The van der Waals surface area contributed by atoms with Crippen LogP contribution in [0.15, 0.2) is 33.9 Å². The molecule has 2 N–H and O–H groups in total. The maximum Gasteiger partial charge on any atom is 0.321 e. The van der Waals surface area contributed by atoms with Gasteiger partial charge in [0.2, 0.25) is 12.0 Å². The van der Waals surface area contributed by atoms with Crippen molar-refractivity contribution in [3.8, 4) is 11.5 Å². The number of amides is 3. The fraction of sp³-hybridized carbons (Fsp3) is 0.375. The molecule has 2 heterocycles. The molecule has 0 aliphatic carbocycles. The molecular formula is C16H18N4O5S. The Morgan fingerprint density at radius 2 is 2.04 bits per heavy atom. The van der Waals surface area contributed by atoms with E-state index >= 15 is 0 Å². The number of rotatable bonds is 5. The van der Waals surface area contributed by atoms with E-state index in [0.717, 1.165) is 11.8 Å². The van der Waals surface area contributed by atoms with E-state index in [4.69, 9.17) is 13.9 Å². The summed E-state index contributed by atoms with van der Waals surface area (Å²) in [6.45, 7) is 3.85. The number of nitrogens with one attached hydrogen (secondary N) is 2. The molecule has 0 bridgehead atoms. The summed E-state index contributed by atoms with van der Waals surface area (Å²) in [6, 6.07) is 6.71. The first kappa shape index (κ1) is 18.1. The number of carbonyl (C=O) groups excluding carboxylic acids is 2. The van der Waals surface area contributed by atoms with Gasteiger partial charge >= 0.3 is 6.03 Å². The Morgan fingerprint density at radius 3 is 2.81 bits per heavy atom. The van der Waals surface area contributed by atoms with Crippen LogP contribution >= 0.6 is 11.8 Å². The number of thioether (sulfide) groups is 1. The van der Waals surface area contributed by atoms with Gasteiger partial charge in [0.1, 0.15) is 6.61 Å². The minimum atomic E-state index is -0.539. The first-order valence-electron chi connectivity index (χ1n) is 7.96. The number of aromatic nitrogens is 2. The van der Waals surface area contributed by atoms with E-state index in [1.54, 1.807) is 19.9 Å². The number of para-hydroxylation sites is 2. The van der Waals surface area contributed by atoms with Gasteiger partial charge in [0.05, 0.1) is 5.75 Å². The lowest BCUT2D eigenvalue weighted by Gasteiger charge is -2.23. The number of imide groups is 1. The molecule has 0 saturated heterocycles. The van der Waals surface area contributed by atoms with Gasteiger partial charge < -0.3 is 19.2 Å². The summed E-state index contributed by atoms with van der Waals surface area (Å²) in [5.74, 6) is 1.04. The van der Waals surface area contributed by atoms with Gasteiger partial charge in [-0.25, -0.2) is 4.79 Å². The van der Waals surface area contributed by atoms with Crippen molar-refractivity contribution in [1.29, 1.82) is 0 Å². The third-order valence-electron chi connectivity index (χ3n) is 3.21. The van der Waals surface area contributed by atoms with Crippen LogP contribution in [0.25, 0.3) is 0 Å². The summed E-state index contributed by atoms with van der Waals surface area (Å²) < 4.78 is 16.9. The normalized spacial score (nSPS) is 15.6. The molecule has 9 nitrogen and oxygen atoms in total. The fourth-order valence-corrected chi connectivity index (χ4v) is 2.71. The number of nitrogens with zero attached hydrogens (tertiary/aromatic N) is 2. The molecule has 3 rings (SSSR count). The van der Waals surface area contributed by atoms with Crippen molar-refractivity contribution in [3.63, 3.8) is 0 Å². The standard InChI is InChI=1S/C16H18N4O5S/c1-9(2)17-15(22)18-13(21)8-26-16-20-19-14(25-16)12-7-23-10-5-3-4-6-11(10)24-12/h3-6,9,12H,7-8H2,1-2H3,(H2,17,18,21,22)/t12-/m1/s1. The average molecular weight is 378 g/mol. The van der Waals surface area contributed by atoms with Crippen LogP contribution in [0.5, 0.6) is 11.5 Å². The Bertz CT molecular complexity index is 794. The first-order chi connectivity index (χ1) is 12.5. The number of urea groups is 1. The van der Waals surface area contributed by atoms with Crippen LogP contribution in [0.2, 0.25) is 0 Å². The summed E-state index contributed by atoms with van der Waals surface area (Å²) in [6.07, 6.45) is -0.516. The van der Waals surface area contributed by atoms with Gasteiger partial charge in [-0.05, 0) is 26.0 Å². The van der Waals surface area contributed by atoms with E-state index in [-0.39, 0.29) is 29.5 Å². The average Bonchev–Trinajstić information content (AvgIpc) is 3.08. The van der Waals surface area contributed by atoms with Crippen molar-refractivity contribution in [2.75, 3.05) is 12.4 Å². The number of hydrogen-bond acceptors (Lipinski definition) is 8. The maximum atomic E-state index is 11.7. The molecule has 1 aromatic carbocycles. The highest BCUT2D eigenvalue weighted by Crippen LogP contribution is 2.35. The van der Waals surface area contributed by atoms with E-state index in [2.05, 4.69) is 20.8 Å². The third kappa shape index (κ3) is 4.66. The monoisotopic (exact) mass is 378 g/mol. The van der Waals surface area contributed by atoms with Crippen molar-refractivity contribution < 1.29 is 23.5 Å². The van der Waals surface area contributed by atoms with E-state index < -0.39 is 18.0 Å². The summed E-state index contributed by atoms with van der Waals surface area (Å²) in [5, 5.41) is 12.8. The van der Waals surface area contributed by atoms with Crippen LogP contribution in [0.1, 0.15) is 25.8 Å². The topological polar surface area (TPSA) is 116 Å². The van der Waals surface area contributed by atoms with Gasteiger partial charge in [-0.3, -0.25) is 10.1 Å². The maximum absolute atomic E-state index is 11.7. The molecule has 26 heavy (non-hydrogen) atoms. The van der Waals surface area contributed by atoms with Gasteiger partial charge in [-0.1, -0.05) is 23.9 Å². The Balaban J connectivity index is 1.51. The zero-order valence-corrected chi connectivity index (χ0v) is 15.0. The van der Waals surface area contributed by atoms with Crippen LogP contribution in [0, 0.1) is 0 Å². The summed E-state index contributed by atoms with van der Waals surface area (Å²) in [7, 11) is 0. The molecule has 138 valence electrons. The molecule has 1 aliphatic heterocycles. The summed E-state index contributed by atoms with van der Waals surface area (Å²) in [5.41, 5.74) is 0. The predicted molar refractivity (Wildman–Crippen MR) is 92.1 cm³/mol. The number of fused-ring (bicyclic) bond motifs is 1. The van der Waals surface area contributed by atoms with Gasteiger partial charge in [-0.2, -0.15) is 0 Å². The van der Waals surface area contributed by atoms with E-state index in [1.165, 1.54) is 0 Å². The number of hydrogen-bond donors (Lipinski definition) is 2. The van der Waals surface area contributed by atoms with Crippen molar-refractivity contribution >= 4 is 23.7 Å². The summed E-state index contributed by atoms with van der Waals surface area (Å²) >= 11 is 1.03. The molecule has 2 aromatic rings. The van der Waals surface area contributed by atoms with Crippen LogP contribution in [-0.2, 0) is 4.79 Å². The summed E-state index contributed by atoms with van der Waals surface area (Å²) in [4.78, 5) is 23.2. The second kappa shape index (κ2) is 8.09. The van der Waals surface area contributed by atoms with E-state index in [1.807, 2.05) is 18.2 Å². The Labute approximate surface area is 153 Å². The van der Waals surface area contributed by atoms with Crippen molar-refractivity contribution in [3.05, 3.63) is 30.2 Å². The van der Waals surface area contributed by atoms with Crippen LogP contribution in [0.4, 0.5) is 4.79 Å². The molecular weight excluding hydrogens is 360 g/mol. The second-order valence-corrected chi connectivity index (χ2v) is 6.66. The van der Waals surface area contributed by atoms with Gasteiger partial charge in [-0.15, -0.1) is 10.2 Å². The highest BCUT2D eigenvalue weighted by atomic mass is 32.2. The predicted octanol–water partition coefficient (Wildman–Crippen LogP) is 1.91. The zero-order chi connectivity index (χ0) is 18.5. The number of benzene rings is 1. The Kier molecular flexibility index (Phi) is 5.61. The molecule has 1 aliphatic rings. The zero-order valence-electron chi connectivity index (χ0n) is 14.2. The fourth-order valence-electron chi connectivity index (χ4n) is 2.14. The van der Waals surface area contributed by atoms with Crippen LogP contribution in [0.3, 0.4) is 0 Å². The molecule has 0 radical (unpaired) electrons. The lowest BCUT2D eigenvalue weighted by atomic mass is 10.2. The smallest absolute Gasteiger partial charge is 0.321 e. The minimum absolute atomic E-state index is 0.0298. The van der Waals surface area contributed by atoms with Crippen LogP contribution in [-0.4, -0.2) is 40.5 Å². The van der Waals surface area contributed by atoms with E-state index in [9.17, 15) is 9.59 Å². The Morgan fingerprint density at radius 1 is 1.27 bits per heavy atom. The Hall–Kier alpha value is -2.75. The molecule has 0 fully saturated rings. The molecule has 0 spiro atoms. The highest BCUT2D eigenvalue weighted by Gasteiger charge is 2.27. The highest BCUT2D eigenvalue weighted by molar-refractivity contribution is 7.99. The van der Waals surface area contributed by atoms with Crippen molar-refractivity contribution in [2.24, 2.45) is 0 Å². The molecule has 0 unspecified atom stereocenters. The van der Waals surface area contributed by atoms with Crippen LogP contribution < -0.4 is 20.1 Å². The number of carbonyl (C=O) groups is 2. The lowest BCUT2D eigenvalue weighted by Crippen LogP contribution is -2.43. The van der Waals surface area contributed by atoms with Gasteiger partial charge in [0.25, 0.3) is 11.1 Å². The van der Waals surface area contributed by atoms with Gasteiger partial charge in [0, 0.05) is 6.04 Å². The van der Waals surface area contributed by atoms with Gasteiger partial charge in [0.15, 0.2) is 11.5 Å². The molecule has 3 amide bonds. The third-order valence-corrected chi connectivity index (χ3v) is 4.02. The number of ether oxygens (including phenoxy) is 2. The van der Waals surface area contributed by atoms with Crippen molar-refractivity contribution in [2.45, 2.75) is 31.2 Å². The SMILES string of the molecule is CC(C)NC(=O)NC(=O)CSc1nnc([C@H]2COc3ccccc3O2)o1. The van der Waals surface area contributed by atoms with E-state index in [0.29, 0.717) is 11.5 Å². The molecule has 0 saturated carbocycles.